The summed E-state index contributed by atoms with van der Waals surface area (Å²) in [5.74, 6) is 0. The normalized spacial score (nSPS) is 11.1. The fraction of sp³-hybridized carbons (Fsp3) is 0.500. The Hall–Kier alpha value is -1.29. The highest BCUT2D eigenvalue weighted by atomic mass is 14.4. The Kier molecular flexibility index (Phi) is 3.91. The van der Waals surface area contributed by atoms with E-state index in [2.05, 4.69) is 51.1 Å². The highest BCUT2D eigenvalue weighted by Crippen LogP contribution is 2.29. The van der Waals surface area contributed by atoms with E-state index in [4.69, 9.17) is 0 Å². The van der Waals surface area contributed by atoms with Gasteiger partial charge in [-0.05, 0) is 31.7 Å². The van der Waals surface area contributed by atoms with Crippen LogP contribution in [0.25, 0.3) is 0 Å². The molecule has 0 aliphatic rings. The molecule has 0 amide bonds. The van der Waals surface area contributed by atoms with Crippen LogP contribution in [0.5, 0.6) is 0 Å². The van der Waals surface area contributed by atoms with Crippen molar-refractivity contribution in [1.82, 2.24) is 0 Å². The minimum Gasteiger partial charge on any atom is -0.198 e. The second-order valence-corrected chi connectivity index (χ2v) is 4.26. The summed E-state index contributed by atoms with van der Waals surface area (Å²) < 4.78 is 0. The van der Waals surface area contributed by atoms with Gasteiger partial charge in [0.15, 0.2) is 0 Å². The van der Waals surface area contributed by atoms with Crippen molar-refractivity contribution in [3.05, 3.63) is 35.4 Å². The quantitative estimate of drug-likeness (QED) is 0.725. The first-order chi connectivity index (χ1) is 7.15. The van der Waals surface area contributed by atoms with E-state index in [1.54, 1.807) is 0 Å². The molecule has 0 aromatic heterocycles. The maximum atomic E-state index is 9.24. The smallest absolute Gasteiger partial charge is 0.0693 e. The third-order valence-electron chi connectivity index (χ3n) is 3.25. The first-order valence-electron chi connectivity index (χ1n) is 5.62. The number of aryl methyl sites for hydroxylation is 1. The van der Waals surface area contributed by atoms with Gasteiger partial charge in [-0.1, -0.05) is 43.7 Å². The highest BCUT2D eigenvalue weighted by molar-refractivity contribution is 5.23. The van der Waals surface area contributed by atoms with Crippen molar-refractivity contribution in [3.63, 3.8) is 0 Å². The van der Waals surface area contributed by atoms with Crippen molar-refractivity contribution in [2.75, 3.05) is 0 Å². The molecule has 0 fully saturated rings. The van der Waals surface area contributed by atoms with E-state index < -0.39 is 0 Å². The van der Waals surface area contributed by atoms with Crippen LogP contribution in [0.1, 0.15) is 37.8 Å². The minimum absolute atomic E-state index is 0.171. The van der Waals surface area contributed by atoms with E-state index in [9.17, 15) is 5.26 Å². The molecule has 0 bridgehead atoms. The molecule has 0 aliphatic heterocycles. The molecule has 1 aromatic carbocycles. The molecule has 0 radical (unpaired) electrons. The number of nitrogens with zero attached hydrogens (tertiary/aromatic N) is 1. The van der Waals surface area contributed by atoms with Gasteiger partial charge in [0.2, 0.25) is 0 Å². The Labute approximate surface area is 92.7 Å². The van der Waals surface area contributed by atoms with Crippen LogP contribution in [-0.2, 0) is 6.42 Å². The maximum Gasteiger partial charge on any atom is 0.0693 e. The van der Waals surface area contributed by atoms with Crippen molar-refractivity contribution >= 4 is 0 Å². The summed E-state index contributed by atoms with van der Waals surface area (Å²) in [6.07, 6.45) is 2.72. The average Bonchev–Trinajstić information content (AvgIpc) is 2.29. The van der Waals surface area contributed by atoms with Crippen LogP contribution >= 0.6 is 0 Å². The summed E-state index contributed by atoms with van der Waals surface area (Å²) in [7, 11) is 0. The average molecular weight is 201 g/mol. The summed E-state index contributed by atoms with van der Waals surface area (Å²) in [4.78, 5) is 0. The molecule has 1 aromatic rings. The summed E-state index contributed by atoms with van der Waals surface area (Å²) in [5.41, 5.74) is 2.37. The second kappa shape index (κ2) is 4.98. The lowest BCUT2D eigenvalue weighted by Gasteiger charge is -2.23. The topological polar surface area (TPSA) is 23.8 Å². The largest absolute Gasteiger partial charge is 0.198 e. The van der Waals surface area contributed by atoms with E-state index in [1.807, 2.05) is 0 Å². The van der Waals surface area contributed by atoms with E-state index in [1.165, 1.54) is 11.1 Å². The summed E-state index contributed by atoms with van der Waals surface area (Å²) in [6.45, 7) is 6.28. The van der Waals surface area contributed by atoms with E-state index in [0.29, 0.717) is 0 Å². The molecule has 0 aliphatic carbocycles. The lowest BCUT2D eigenvalue weighted by Crippen LogP contribution is -2.19. The standard InChI is InChI=1S/C14H19N/c1-4-14(5-2,11-15)10-13-8-6-12(3)7-9-13/h6-9H,4-5,10H2,1-3H3. The zero-order valence-electron chi connectivity index (χ0n) is 9.88. The van der Waals surface area contributed by atoms with Gasteiger partial charge >= 0.3 is 0 Å². The van der Waals surface area contributed by atoms with Crippen LogP contribution < -0.4 is 0 Å². The predicted octanol–water partition coefficient (Wildman–Crippen LogP) is 3.87. The van der Waals surface area contributed by atoms with Crippen molar-refractivity contribution in [2.24, 2.45) is 5.41 Å². The van der Waals surface area contributed by atoms with Crippen molar-refractivity contribution in [2.45, 2.75) is 40.0 Å². The van der Waals surface area contributed by atoms with Crippen molar-refractivity contribution in [1.29, 1.82) is 5.26 Å². The van der Waals surface area contributed by atoms with Gasteiger partial charge < -0.3 is 0 Å². The number of benzene rings is 1. The Balaban J connectivity index is 2.84. The third kappa shape index (κ3) is 2.83. The lowest BCUT2D eigenvalue weighted by molar-refractivity contribution is 0.363. The van der Waals surface area contributed by atoms with Gasteiger partial charge in [-0.2, -0.15) is 5.26 Å². The number of nitriles is 1. The molecule has 0 atom stereocenters. The fourth-order valence-electron chi connectivity index (χ4n) is 1.79. The molecular weight excluding hydrogens is 182 g/mol. The SMILES string of the molecule is CCC(C#N)(CC)Cc1ccc(C)cc1. The maximum absolute atomic E-state index is 9.24. The zero-order chi connectivity index (χ0) is 11.3. The highest BCUT2D eigenvalue weighted by Gasteiger charge is 2.25. The van der Waals surface area contributed by atoms with E-state index in [-0.39, 0.29) is 5.41 Å². The minimum atomic E-state index is -0.171. The first-order valence-corrected chi connectivity index (χ1v) is 5.62. The van der Waals surface area contributed by atoms with Gasteiger partial charge in [0.05, 0.1) is 11.5 Å². The Morgan fingerprint density at radius 2 is 1.67 bits per heavy atom. The van der Waals surface area contributed by atoms with E-state index in [0.717, 1.165) is 19.3 Å². The molecule has 0 unspecified atom stereocenters. The second-order valence-electron chi connectivity index (χ2n) is 4.26. The van der Waals surface area contributed by atoms with Gasteiger partial charge in [-0.3, -0.25) is 0 Å². The molecule has 15 heavy (non-hydrogen) atoms. The summed E-state index contributed by atoms with van der Waals surface area (Å²) in [5, 5.41) is 9.24. The van der Waals surface area contributed by atoms with E-state index >= 15 is 0 Å². The molecule has 0 saturated carbocycles. The molecule has 0 spiro atoms. The third-order valence-corrected chi connectivity index (χ3v) is 3.25. The van der Waals surface area contributed by atoms with Gasteiger partial charge in [0.25, 0.3) is 0 Å². The van der Waals surface area contributed by atoms with Crippen molar-refractivity contribution < 1.29 is 0 Å². The molecular formula is C14H19N. The van der Waals surface area contributed by atoms with Crippen LogP contribution in [0.2, 0.25) is 0 Å². The van der Waals surface area contributed by atoms with Crippen LogP contribution in [0.4, 0.5) is 0 Å². The van der Waals surface area contributed by atoms with Crippen LogP contribution in [0.15, 0.2) is 24.3 Å². The summed E-state index contributed by atoms with van der Waals surface area (Å²) >= 11 is 0. The van der Waals surface area contributed by atoms with Gasteiger partial charge in [-0.25, -0.2) is 0 Å². The monoisotopic (exact) mass is 201 g/mol. The Morgan fingerprint density at radius 3 is 2.07 bits per heavy atom. The van der Waals surface area contributed by atoms with Gasteiger partial charge in [-0.15, -0.1) is 0 Å². The summed E-state index contributed by atoms with van der Waals surface area (Å²) in [6, 6.07) is 11.0. The van der Waals surface area contributed by atoms with Crippen molar-refractivity contribution in [3.8, 4) is 6.07 Å². The molecule has 1 nitrogen and oxygen atoms in total. The molecule has 1 heteroatoms. The van der Waals surface area contributed by atoms with Crippen LogP contribution in [0, 0.1) is 23.7 Å². The molecule has 0 heterocycles. The van der Waals surface area contributed by atoms with Gasteiger partial charge in [0, 0.05) is 0 Å². The molecule has 1 rings (SSSR count). The molecule has 80 valence electrons. The predicted molar refractivity (Wildman–Crippen MR) is 63.5 cm³/mol. The molecule has 0 saturated heterocycles. The first kappa shape index (κ1) is 11.8. The number of hydrogen-bond donors (Lipinski definition) is 0. The van der Waals surface area contributed by atoms with Gasteiger partial charge in [0.1, 0.15) is 0 Å². The Bertz CT molecular complexity index is 339. The molecule has 0 N–H and O–H groups in total. The Morgan fingerprint density at radius 1 is 1.13 bits per heavy atom. The zero-order valence-corrected chi connectivity index (χ0v) is 9.88. The van der Waals surface area contributed by atoms with Crippen LogP contribution in [-0.4, -0.2) is 0 Å². The fourth-order valence-corrected chi connectivity index (χ4v) is 1.79. The van der Waals surface area contributed by atoms with Crippen LogP contribution in [0.3, 0.4) is 0 Å². The number of hydrogen-bond acceptors (Lipinski definition) is 1. The number of rotatable bonds is 4. The lowest BCUT2D eigenvalue weighted by atomic mass is 9.78.